The van der Waals surface area contributed by atoms with Gasteiger partial charge in [-0.15, -0.1) is 0 Å². The molecule has 35 heavy (non-hydrogen) atoms. The van der Waals surface area contributed by atoms with Gasteiger partial charge in [0, 0.05) is 17.9 Å². The summed E-state index contributed by atoms with van der Waals surface area (Å²) in [7, 11) is 0. The van der Waals surface area contributed by atoms with E-state index in [1.165, 1.54) is 23.6 Å². The van der Waals surface area contributed by atoms with Crippen molar-refractivity contribution in [3.63, 3.8) is 0 Å². The fraction of sp³-hybridized carbons (Fsp3) is 0.594. The molecule has 0 aromatic heterocycles. The predicted octanol–water partition coefficient (Wildman–Crippen LogP) is 7.58. The van der Waals surface area contributed by atoms with Crippen LogP contribution in [0.25, 0.3) is 0 Å². The summed E-state index contributed by atoms with van der Waals surface area (Å²) in [5.41, 5.74) is 6.14. The maximum atomic E-state index is 13.3. The molecule has 0 saturated carbocycles. The molecule has 0 fully saturated rings. The summed E-state index contributed by atoms with van der Waals surface area (Å²) >= 11 is 0. The van der Waals surface area contributed by atoms with E-state index < -0.39 is 0 Å². The van der Waals surface area contributed by atoms with E-state index in [0.717, 1.165) is 62.5 Å². The number of carbonyl (C=O) groups excluding carboxylic acids is 3. The molecular weight excluding hydrogens is 432 g/mol. The van der Waals surface area contributed by atoms with E-state index in [4.69, 9.17) is 0 Å². The number of carbonyl (C=O) groups is 3. The van der Waals surface area contributed by atoms with Crippen molar-refractivity contribution >= 4 is 17.3 Å². The molecule has 0 radical (unpaired) electrons. The van der Waals surface area contributed by atoms with Crippen molar-refractivity contribution < 1.29 is 14.4 Å². The van der Waals surface area contributed by atoms with Crippen LogP contribution in [0.2, 0.25) is 0 Å². The molecule has 3 heteroatoms. The lowest BCUT2D eigenvalue weighted by molar-refractivity contribution is -0.129. The number of hydrogen-bond donors (Lipinski definition) is 0. The molecule has 2 aliphatic rings. The van der Waals surface area contributed by atoms with E-state index in [1.807, 2.05) is 0 Å². The third-order valence-electron chi connectivity index (χ3n) is 8.21. The van der Waals surface area contributed by atoms with Gasteiger partial charge in [-0.2, -0.15) is 0 Å². The first kappa shape index (κ1) is 27.3. The second-order valence-corrected chi connectivity index (χ2v) is 11.0. The molecular formula is C32H44O3. The van der Waals surface area contributed by atoms with Crippen molar-refractivity contribution in [2.75, 3.05) is 0 Å². The van der Waals surface area contributed by atoms with Crippen molar-refractivity contribution in [1.82, 2.24) is 0 Å². The molecule has 1 aromatic rings. The fourth-order valence-electron chi connectivity index (χ4n) is 6.45. The molecule has 4 unspecified atom stereocenters. The normalized spacial score (nSPS) is 20.9. The number of allylic oxidation sites excluding steroid dienone is 4. The highest BCUT2D eigenvalue weighted by Crippen LogP contribution is 2.38. The number of Topliss-reactive ketones (excluding diaryl/α,β-unsaturated/α-hetero) is 3. The van der Waals surface area contributed by atoms with Gasteiger partial charge in [-0.25, -0.2) is 0 Å². The zero-order valence-corrected chi connectivity index (χ0v) is 22.5. The lowest BCUT2D eigenvalue weighted by Gasteiger charge is -2.32. The first-order chi connectivity index (χ1) is 16.7. The standard InChI is InChI=1S/C32H44O3/c1-6-10-27(28(7-2)30(34)17-23(5)33)18-24-19-29-26(14-9-13-25-12-8-11-21(25)3)16-15-22(4)32(29)31(35)20-24/h8,11-12,15-16,21,24,27-28H,6-7,9-10,13-14,17-20H2,1-5H3. The van der Waals surface area contributed by atoms with Gasteiger partial charge in [0.2, 0.25) is 0 Å². The van der Waals surface area contributed by atoms with Crippen molar-refractivity contribution in [2.24, 2.45) is 23.7 Å². The largest absolute Gasteiger partial charge is 0.300 e. The molecule has 0 spiro atoms. The highest BCUT2D eigenvalue weighted by molar-refractivity contribution is 6.00. The minimum absolute atomic E-state index is 0.0407. The third kappa shape index (κ3) is 6.90. The topological polar surface area (TPSA) is 51.2 Å². The monoisotopic (exact) mass is 476 g/mol. The molecule has 0 heterocycles. The number of fused-ring (bicyclic) bond motifs is 1. The third-order valence-corrected chi connectivity index (χ3v) is 8.21. The first-order valence-corrected chi connectivity index (χ1v) is 13.8. The summed E-state index contributed by atoms with van der Waals surface area (Å²) in [4.78, 5) is 37.8. The van der Waals surface area contributed by atoms with Crippen LogP contribution in [0.15, 0.2) is 35.9 Å². The Labute approximate surface area is 212 Å². The SMILES string of the molecule is CCCC(CC1CC(=O)c2c(C)ccc(CCCC3=CC=CC3C)c2C1)C(CC)C(=O)CC(C)=O. The molecule has 0 saturated heterocycles. The van der Waals surface area contributed by atoms with Crippen molar-refractivity contribution in [3.8, 4) is 0 Å². The molecule has 0 aliphatic heterocycles. The average molecular weight is 477 g/mol. The second-order valence-electron chi connectivity index (χ2n) is 11.0. The molecule has 3 nitrogen and oxygen atoms in total. The second kappa shape index (κ2) is 12.6. The Morgan fingerprint density at radius 3 is 2.51 bits per heavy atom. The Hall–Kier alpha value is -2.29. The van der Waals surface area contributed by atoms with E-state index in [9.17, 15) is 14.4 Å². The number of ketones is 3. The van der Waals surface area contributed by atoms with Crippen LogP contribution < -0.4 is 0 Å². The van der Waals surface area contributed by atoms with Gasteiger partial charge in [0.05, 0.1) is 6.42 Å². The zero-order chi connectivity index (χ0) is 25.5. The summed E-state index contributed by atoms with van der Waals surface area (Å²) in [5, 5.41) is 0. The molecule has 0 N–H and O–H groups in total. The Balaban J connectivity index is 1.76. The molecule has 1 aromatic carbocycles. The van der Waals surface area contributed by atoms with E-state index in [1.54, 1.807) is 0 Å². The van der Waals surface area contributed by atoms with Gasteiger partial charge in [0.25, 0.3) is 0 Å². The van der Waals surface area contributed by atoms with Crippen molar-refractivity contribution in [3.05, 3.63) is 58.2 Å². The van der Waals surface area contributed by atoms with Crippen molar-refractivity contribution in [1.29, 1.82) is 0 Å². The molecule has 3 rings (SSSR count). The Kier molecular flexibility index (Phi) is 9.83. The van der Waals surface area contributed by atoms with Crippen LogP contribution in [0.1, 0.15) is 106 Å². The quantitative estimate of drug-likeness (QED) is 0.276. The summed E-state index contributed by atoms with van der Waals surface area (Å²) in [6.07, 6.45) is 15.1. The first-order valence-electron chi connectivity index (χ1n) is 13.8. The van der Waals surface area contributed by atoms with Gasteiger partial charge in [0.15, 0.2) is 5.78 Å². The van der Waals surface area contributed by atoms with Crippen LogP contribution in [-0.4, -0.2) is 17.3 Å². The lowest BCUT2D eigenvalue weighted by atomic mass is 9.71. The summed E-state index contributed by atoms with van der Waals surface area (Å²) < 4.78 is 0. The molecule has 0 bridgehead atoms. The van der Waals surface area contributed by atoms with E-state index in [-0.39, 0.29) is 41.5 Å². The van der Waals surface area contributed by atoms with Gasteiger partial charge >= 0.3 is 0 Å². The number of rotatable bonds is 13. The Morgan fingerprint density at radius 1 is 1.11 bits per heavy atom. The van der Waals surface area contributed by atoms with Crippen LogP contribution >= 0.6 is 0 Å². The van der Waals surface area contributed by atoms with Crippen LogP contribution in [0.5, 0.6) is 0 Å². The maximum absolute atomic E-state index is 13.3. The predicted molar refractivity (Wildman–Crippen MR) is 144 cm³/mol. The lowest BCUT2D eigenvalue weighted by Crippen LogP contribution is -2.30. The van der Waals surface area contributed by atoms with Gasteiger partial charge in [-0.1, -0.05) is 69.5 Å². The van der Waals surface area contributed by atoms with Gasteiger partial charge in [0.1, 0.15) is 11.6 Å². The van der Waals surface area contributed by atoms with Crippen LogP contribution in [-0.2, 0) is 22.4 Å². The molecule has 4 atom stereocenters. The van der Waals surface area contributed by atoms with Gasteiger partial charge in [-0.3, -0.25) is 14.4 Å². The average Bonchev–Trinajstić information content (AvgIpc) is 3.20. The Morgan fingerprint density at radius 2 is 1.89 bits per heavy atom. The van der Waals surface area contributed by atoms with Crippen LogP contribution in [0.3, 0.4) is 0 Å². The minimum atomic E-state index is -0.0809. The maximum Gasteiger partial charge on any atom is 0.163 e. The number of aryl methyl sites for hydroxylation is 2. The summed E-state index contributed by atoms with van der Waals surface area (Å²) in [6, 6.07) is 4.36. The highest BCUT2D eigenvalue weighted by atomic mass is 16.1. The summed E-state index contributed by atoms with van der Waals surface area (Å²) in [5.74, 6) is 1.28. The van der Waals surface area contributed by atoms with E-state index in [0.29, 0.717) is 12.3 Å². The smallest absolute Gasteiger partial charge is 0.163 e. The number of benzene rings is 1. The fourth-order valence-corrected chi connectivity index (χ4v) is 6.45. The highest BCUT2D eigenvalue weighted by Gasteiger charge is 2.33. The zero-order valence-electron chi connectivity index (χ0n) is 22.5. The van der Waals surface area contributed by atoms with Gasteiger partial charge < -0.3 is 0 Å². The Bertz CT molecular complexity index is 996. The summed E-state index contributed by atoms with van der Waals surface area (Å²) in [6.45, 7) is 10.0. The molecule has 2 aliphatic carbocycles. The van der Waals surface area contributed by atoms with Gasteiger partial charge in [-0.05, 0) is 86.8 Å². The van der Waals surface area contributed by atoms with Crippen molar-refractivity contribution in [2.45, 2.75) is 98.8 Å². The van der Waals surface area contributed by atoms with Crippen LogP contribution in [0, 0.1) is 30.6 Å². The van der Waals surface area contributed by atoms with Crippen LogP contribution in [0.4, 0.5) is 0 Å². The molecule has 0 amide bonds. The number of hydrogen-bond acceptors (Lipinski definition) is 3. The van der Waals surface area contributed by atoms with E-state index in [2.05, 4.69) is 58.1 Å². The minimum Gasteiger partial charge on any atom is -0.300 e. The van der Waals surface area contributed by atoms with E-state index >= 15 is 0 Å². The molecule has 190 valence electrons.